The van der Waals surface area contributed by atoms with Gasteiger partial charge in [-0.25, -0.2) is 0 Å². The molecular weight excluding hydrogens is 238 g/mol. The molecule has 1 aliphatic carbocycles. The van der Waals surface area contributed by atoms with Gasteiger partial charge >= 0.3 is 0 Å². The number of aromatic nitrogens is 2. The molecule has 4 heteroatoms. The first kappa shape index (κ1) is 13.1. The zero-order chi connectivity index (χ0) is 13.1. The quantitative estimate of drug-likeness (QED) is 0.851. The lowest BCUT2D eigenvalue weighted by atomic mass is 9.84. The molecule has 2 fully saturated rings. The Morgan fingerprint density at radius 3 is 2.68 bits per heavy atom. The Morgan fingerprint density at radius 1 is 1.26 bits per heavy atom. The van der Waals surface area contributed by atoms with Crippen LogP contribution >= 0.6 is 0 Å². The van der Waals surface area contributed by atoms with Crippen LogP contribution in [0.25, 0.3) is 0 Å². The summed E-state index contributed by atoms with van der Waals surface area (Å²) in [5, 5.41) is 7.74. The van der Waals surface area contributed by atoms with E-state index in [1.165, 1.54) is 38.5 Å². The largest absolute Gasteiger partial charge is 0.339 e. The summed E-state index contributed by atoms with van der Waals surface area (Å²) < 4.78 is 5.64. The van der Waals surface area contributed by atoms with Crippen molar-refractivity contribution < 1.29 is 4.52 Å². The molecule has 0 amide bonds. The van der Waals surface area contributed by atoms with Gasteiger partial charge in [0.1, 0.15) is 0 Å². The molecule has 1 aliphatic heterocycles. The van der Waals surface area contributed by atoms with Crippen molar-refractivity contribution in [3.05, 3.63) is 11.7 Å². The second-order valence-electron chi connectivity index (χ2n) is 6.21. The molecule has 2 heterocycles. The lowest BCUT2D eigenvalue weighted by Gasteiger charge is -2.21. The van der Waals surface area contributed by atoms with E-state index in [9.17, 15) is 0 Å². The molecule has 1 aromatic rings. The van der Waals surface area contributed by atoms with Gasteiger partial charge in [0, 0.05) is 12.5 Å². The molecule has 4 nitrogen and oxygen atoms in total. The van der Waals surface area contributed by atoms with Gasteiger partial charge in [-0.2, -0.15) is 4.98 Å². The number of nitrogens with zero attached hydrogens (tertiary/aromatic N) is 2. The second-order valence-corrected chi connectivity index (χ2v) is 6.21. The van der Waals surface area contributed by atoms with Crippen LogP contribution in [0.5, 0.6) is 0 Å². The van der Waals surface area contributed by atoms with Gasteiger partial charge in [0.15, 0.2) is 5.82 Å². The van der Waals surface area contributed by atoms with Crippen LogP contribution in [0, 0.1) is 0 Å². The van der Waals surface area contributed by atoms with Gasteiger partial charge in [-0.05, 0) is 32.2 Å². The van der Waals surface area contributed by atoms with Crippen LogP contribution in [0.1, 0.15) is 75.9 Å². The Balaban J connectivity index is 1.78. The van der Waals surface area contributed by atoms with Crippen LogP contribution in [-0.2, 0) is 5.41 Å². The smallest absolute Gasteiger partial charge is 0.234 e. The maximum absolute atomic E-state index is 5.64. The molecule has 1 saturated carbocycles. The number of rotatable bonds is 3. The fourth-order valence-electron chi connectivity index (χ4n) is 3.53. The average Bonchev–Trinajstić information content (AvgIpc) is 3.03. The van der Waals surface area contributed by atoms with Gasteiger partial charge < -0.3 is 9.84 Å². The van der Waals surface area contributed by atoms with E-state index >= 15 is 0 Å². The maximum atomic E-state index is 5.64. The number of hydrogen-bond acceptors (Lipinski definition) is 4. The average molecular weight is 263 g/mol. The number of hydrogen-bond donors (Lipinski definition) is 1. The molecule has 1 N–H and O–H groups in total. The van der Waals surface area contributed by atoms with Gasteiger partial charge in [0.2, 0.25) is 5.89 Å². The topological polar surface area (TPSA) is 51.0 Å². The highest BCUT2D eigenvalue weighted by Crippen LogP contribution is 2.35. The predicted octanol–water partition coefficient (Wildman–Crippen LogP) is 3.15. The molecule has 0 radical (unpaired) electrons. The lowest BCUT2D eigenvalue weighted by molar-refractivity contribution is 0.282. The van der Waals surface area contributed by atoms with Gasteiger partial charge in [-0.15, -0.1) is 0 Å². The molecule has 3 rings (SSSR count). The first-order chi connectivity index (χ1) is 9.34. The van der Waals surface area contributed by atoms with E-state index in [4.69, 9.17) is 9.51 Å². The molecule has 19 heavy (non-hydrogen) atoms. The van der Waals surface area contributed by atoms with Gasteiger partial charge in [0.25, 0.3) is 0 Å². The molecule has 2 aliphatic rings. The van der Waals surface area contributed by atoms with Crippen molar-refractivity contribution in [2.75, 3.05) is 13.1 Å². The van der Waals surface area contributed by atoms with Gasteiger partial charge in [-0.1, -0.05) is 37.8 Å². The predicted molar refractivity (Wildman–Crippen MR) is 74.2 cm³/mol. The van der Waals surface area contributed by atoms with Crippen molar-refractivity contribution in [3.63, 3.8) is 0 Å². The summed E-state index contributed by atoms with van der Waals surface area (Å²) in [6.45, 7) is 4.27. The minimum absolute atomic E-state index is 0.0932. The van der Waals surface area contributed by atoms with E-state index in [1.54, 1.807) is 0 Å². The summed E-state index contributed by atoms with van der Waals surface area (Å²) in [5.41, 5.74) is 0.0932. The van der Waals surface area contributed by atoms with Crippen LogP contribution in [0.4, 0.5) is 0 Å². The Hall–Kier alpha value is -0.900. The van der Waals surface area contributed by atoms with E-state index in [-0.39, 0.29) is 5.41 Å². The van der Waals surface area contributed by atoms with Crippen molar-refractivity contribution in [1.82, 2.24) is 15.5 Å². The molecule has 0 spiro atoms. The van der Waals surface area contributed by atoms with Crippen LogP contribution in [0.2, 0.25) is 0 Å². The zero-order valence-corrected chi connectivity index (χ0v) is 12.0. The highest BCUT2D eigenvalue weighted by Gasteiger charge is 2.39. The third-order valence-corrected chi connectivity index (χ3v) is 5.04. The van der Waals surface area contributed by atoms with Gasteiger partial charge in [0.05, 0.1) is 5.41 Å². The second kappa shape index (κ2) is 5.61. The molecule has 1 aromatic heterocycles. The molecule has 0 bridgehead atoms. The van der Waals surface area contributed by atoms with E-state index in [1.807, 2.05) is 0 Å². The maximum Gasteiger partial charge on any atom is 0.234 e. The van der Waals surface area contributed by atoms with Crippen LogP contribution < -0.4 is 5.32 Å². The summed E-state index contributed by atoms with van der Waals surface area (Å²) in [6, 6.07) is 0. The minimum atomic E-state index is 0.0932. The summed E-state index contributed by atoms with van der Waals surface area (Å²) >= 11 is 0. The van der Waals surface area contributed by atoms with E-state index < -0.39 is 0 Å². The third kappa shape index (κ3) is 2.55. The highest BCUT2D eigenvalue weighted by atomic mass is 16.5. The van der Waals surface area contributed by atoms with Crippen LogP contribution in [-0.4, -0.2) is 23.2 Å². The third-order valence-electron chi connectivity index (χ3n) is 5.04. The Kier molecular flexibility index (Phi) is 3.87. The molecule has 1 atom stereocenters. The van der Waals surface area contributed by atoms with Gasteiger partial charge in [-0.3, -0.25) is 0 Å². The highest BCUT2D eigenvalue weighted by molar-refractivity contribution is 5.11. The molecule has 1 saturated heterocycles. The molecule has 106 valence electrons. The Bertz CT molecular complexity index is 401. The zero-order valence-electron chi connectivity index (χ0n) is 12.0. The Morgan fingerprint density at radius 2 is 2.05 bits per heavy atom. The summed E-state index contributed by atoms with van der Waals surface area (Å²) in [5.74, 6) is 2.37. The van der Waals surface area contributed by atoms with Crippen LogP contribution in [0.3, 0.4) is 0 Å². The molecular formula is C15H25N3O. The fourth-order valence-corrected chi connectivity index (χ4v) is 3.53. The standard InChI is InChI=1S/C15H25N3O/c1-2-15(9-10-16-11-15)14-17-13(18-19-14)12-7-5-3-4-6-8-12/h12,16H,2-11H2,1H3. The first-order valence-electron chi connectivity index (χ1n) is 7.89. The van der Waals surface area contributed by atoms with E-state index in [0.717, 1.165) is 37.6 Å². The summed E-state index contributed by atoms with van der Waals surface area (Å²) in [7, 11) is 0. The van der Waals surface area contributed by atoms with Crippen molar-refractivity contribution in [1.29, 1.82) is 0 Å². The van der Waals surface area contributed by atoms with Crippen molar-refractivity contribution in [2.24, 2.45) is 0 Å². The van der Waals surface area contributed by atoms with Crippen LogP contribution in [0.15, 0.2) is 4.52 Å². The van der Waals surface area contributed by atoms with Crippen molar-refractivity contribution in [3.8, 4) is 0 Å². The van der Waals surface area contributed by atoms with E-state index in [2.05, 4.69) is 17.4 Å². The first-order valence-corrected chi connectivity index (χ1v) is 7.89. The van der Waals surface area contributed by atoms with Crippen molar-refractivity contribution >= 4 is 0 Å². The molecule has 0 aromatic carbocycles. The Labute approximate surface area is 115 Å². The normalized spacial score (nSPS) is 29.5. The minimum Gasteiger partial charge on any atom is -0.339 e. The summed E-state index contributed by atoms with van der Waals surface area (Å²) in [6.07, 6.45) is 10.0. The lowest BCUT2D eigenvalue weighted by Crippen LogP contribution is -2.28. The van der Waals surface area contributed by atoms with Crippen molar-refractivity contribution in [2.45, 2.75) is 69.6 Å². The monoisotopic (exact) mass is 263 g/mol. The van der Waals surface area contributed by atoms with E-state index in [0.29, 0.717) is 5.92 Å². The SMILES string of the molecule is CCC1(c2nc(C3CCCCCC3)no2)CCNC1. The fraction of sp³-hybridized carbons (Fsp3) is 0.867. The molecule has 1 unspecified atom stereocenters. The summed E-state index contributed by atoms with van der Waals surface area (Å²) in [4.78, 5) is 4.78. The number of nitrogens with one attached hydrogen (secondary N) is 1.